The fraction of sp³-hybridized carbons (Fsp3) is 0.231. The Morgan fingerprint density at radius 2 is 2.35 bits per heavy atom. The van der Waals surface area contributed by atoms with Crippen LogP contribution in [0.25, 0.3) is 0 Å². The van der Waals surface area contributed by atoms with Crippen LogP contribution in [0.15, 0.2) is 30.6 Å². The fourth-order valence-corrected chi connectivity index (χ4v) is 1.72. The van der Waals surface area contributed by atoms with Crippen LogP contribution >= 0.6 is 0 Å². The number of hydrogen-bond acceptors (Lipinski definition) is 5. The third-order valence-corrected chi connectivity index (χ3v) is 2.72. The van der Waals surface area contributed by atoms with Gasteiger partial charge in [0.15, 0.2) is 11.5 Å². The van der Waals surface area contributed by atoms with Gasteiger partial charge in [-0.05, 0) is 18.2 Å². The molecule has 1 amide bonds. The largest absolute Gasteiger partial charge is 0.504 e. The second kappa shape index (κ2) is 5.96. The molecule has 0 spiro atoms. The number of amides is 1. The molecule has 0 aliphatic carbocycles. The molecule has 0 atom stereocenters. The summed E-state index contributed by atoms with van der Waals surface area (Å²) in [7, 11) is 1.45. The summed E-state index contributed by atoms with van der Waals surface area (Å²) < 4.78 is 6.56. The Hall–Kier alpha value is -2.70. The summed E-state index contributed by atoms with van der Waals surface area (Å²) in [4.78, 5) is 11.9. The van der Waals surface area contributed by atoms with Crippen LogP contribution in [0, 0.1) is 0 Å². The molecule has 0 fully saturated rings. The number of nitrogens with one attached hydrogen (secondary N) is 1. The Labute approximate surface area is 116 Å². The highest BCUT2D eigenvalue weighted by atomic mass is 16.5. The van der Waals surface area contributed by atoms with E-state index in [0.29, 0.717) is 30.1 Å². The predicted octanol–water partition coefficient (Wildman–Crippen LogP) is 0.609. The van der Waals surface area contributed by atoms with E-state index in [1.165, 1.54) is 13.2 Å². The number of nitrogens with zero attached hydrogens (tertiary/aromatic N) is 2. The van der Waals surface area contributed by atoms with Gasteiger partial charge in [-0.2, -0.15) is 5.10 Å². The van der Waals surface area contributed by atoms with Crippen LogP contribution in [0.2, 0.25) is 0 Å². The molecule has 106 valence electrons. The number of nitrogens with two attached hydrogens (primary N) is 1. The van der Waals surface area contributed by atoms with Crippen molar-refractivity contribution in [2.45, 2.75) is 6.54 Å². The Bertz CT molecular complexity index is 609. The highest BCUT2D eigenvalue weighted by molar-refractivity contribution is 5.94. The average molecular weight is 276 g/mol. The first-order valence-electron chi connectivity index (χ1n) is 6.03. The van der Waals surface area contributed by atoms with Crippen molar-refractivity contribution in [3.8, 4) is 11.5 Å². The molecular weight excluding hydrogens is 260 g/mol. The molecular formula is C13H16N4O3. The number of phenolic OH excluding ortho intramolecular Hbond substituents is 1. The number of carbonyl (C=O) groups excluding carboxylic acids is 1. The zero-order valence-electron chi connectivity index (χ0n) is 11.0. The minimum absolute atomic E-state index is 0.0694. The number of phenols is 1. The summed E-state index contributed by atoms with van der Waals surface area (Å²) in [5, 5.41) is 16.3. The highest BCUT2D eigenvalue weighted by Gasteiger charge is 2.09. The normalized spacial score (nSPS) is 10.2. The Balaban J connectivity index is 1.90. The second-order valence-electron chi connectivity index (χ2n) is 4.18. The van der Waals surface area contributed by atoms with Gasteiger partial charge in [0.25, 0.3) is 5.91 Å². The number of benzene rings is 1. The molecule has 0 aliphatic rings. The van der Waals surface area contributed by atoms with Crippen LogP contribution < -0.4 is 15.8 Å². The van der Waals surface area contributed by atoms with Gasteiger partial charge in [0.2, 0.25) is 0 Å². The molecule has 0 saturated heterocycles. The molecule has 0 bridgehead atoms. The van der Waals surface area contributed by atoms with Crippen molar-refractivity contribution in [3.63, 3.8) is 0 Å². The third-order valence-electron chi connectivity index (χ3n) is 2.72. The van der Waals surface area contributed by atoms with E-state index in [-0.39, 0.29) is 11.7 Å². The molecule has 1 aromatic heterocycles. The van der Waals surface area contributed by atoms with Crippen LogP contribution in [-0.4, -0.2) is 34.4 Å². The van der Waals surface area contributed by atoms with E-state index in [1.54, 1.807) is 29.2 Å². The van der Waals surface area contributed by atoms with Gasteiger partial charge in [-0.1, -0.05) is 0 Å². The number of carbonyl (C=O) groups is 1. The highest BCUT2D eigenvalue weighted by Crippen LogP contribution is 2.25. The lowest BCUT2D eigenvalue weighted by atomic mass is 10.2. The minimum atomic E-state index is -0.275. The topological polar surface area (TPSA) is 102 Å². The van der Waals surface area contributed by atoms with Crippen LogP contribution in [0.5, 0.6) is 11.5 Å². The van der Waals surface area contributed by atoms with Crippen molar-refractivity contribution < 1.29 is 14.6 Å². The zero-order valence-corrected chi connectivity index (χ0v) is 11.0. The lowest BCUT2D eigenvalue weighted by Crippen LogP contribution is -2.27. The van der Waals surface area contributed by atoms with E-state index in [4.69, 9.17) is 10.5 Å². The molecule has 1 aromatic carbocycles. The van der Waals surface area contributed by atoms with Gasteiger partial charge in [-0.15, -0.1) is 0 Å². The Morgan fingerprint density at radius 1 is 1.55 bits per heavy atom. The summed E-state index contributed by atoms with van der Waals surface area (Å²) in [6.45, 7) is 0.928. The van der Waals surface area contributed by atoms with Gasteiger partial charge < -0.3 is 20.9 Å². The number of nitrogen functional groups attached to an aromatic ring is 1. The number of methoxy groups -OCH3 is 1. The number of aromatic nitrogens is 2. The van der Waals surface area contributed by atoms with Gasteiger partial charge in [0.05, 0.1) is 25.5 Å². The van der Waals surface area contributed by atoms with E-state index in [2.05, 4.69) is 10.4 Å². The van der Waals surface area contributed by atoms with Gasteiger partial charge in [-0.25, -0.2) is 0 Å². The summed E-state index contributed by atoms with van der Waals surface area (Å²) in [5.41, 5.74) is 6.48. The molecule has 0 radical (unpaired) electrons. The van der Waals surface area contributed by atoms with Crippen molar-refractivity contribution in [1.29, 1.82) is 0 Å². The van der Waals surface area contributed by atoms with Crippen LogP contribution in [-0.2, 0) is 6.54 Å². The number of hydrogen-bond donors (Lipinski definition) is 3. The summed E-state index contributed by atoms with van der Waals surface area (Å²) in [6, 6.07) is 4.48. The molecule has 2 aromatic rings. The summed E-state index contributed by atoms with van der Waals surface area (Å²) in [5.74, 6) is -0.0170. The van der Waals surface area contributed by atoms with Crippen molar-refractivity contribution in [3.05, 3.63) is 36.2 Å². The molecule has 1 heterocycles. The smallest absolute Gasteiger partial charge is 0.251 e. The number of anilines is 1. The fourth-order valence-electron chi connectivity index (χ4n) is 1.72. The standard InChI is InChI=1S/C13H16N4O3/c1-20-12-3-2-9(6-11(12)18)13(19)15-4-5-17-8-10(14)7-16-17/h2-3,6-8,18H,4-5,14H2,1H3,(H,15,19). The first-order chi connectivity index (χ1) is 9.60. The third kappa shape index (κ3) is 3.19. The van der Waals surface area contributed by atoms with Gasteiger partial charge in [0.1, 0.15) is 0 Å². The maximum Gasteiger partial charge on any atom is 0.251 e. The number of rotatable bonds is 5. The molecule has 7 heteroatoms. The lowest BCUT2D eigenvalue weighted by Gasteiger charge is -2.07. The van der Waals surface area contributed by atoms with Gasteiger partial charge in [-0.3, -0.25) is 9.48 Å². The summed E-state index contributed by atoms with van der Waals surface area (Å²) in [6.07, 6.45) is 3.23. The molecule has 0 saturated carbocycles. The maximum absolute atomic E-state index is 11.9. The van der Waals surface area contributed by atoms with Crippen LogP contribution in [0.1, 0.15) is 10.4 Å². The molecule has 20 heavy (non-hydrogen) atoms. The van der Waals surface area contributed by atoms with Crippen molar-refractivity contribution in [1.82, 2.24) is 15.1 Å². The molecule has 2 rings (SSSR count). The molecule has 0 aliphatic heterocycles. The second-order valence-corrected chi connectivity index (χ2v) is 4.18. The van der Waals surface area contributed by atoms with E-state index < -0.39 is 0 Å². The number of ether oxygens (including phenoxy) is 1. The maximum atomic E-state index is 11.9. The van der Waals surface area contributed by atoms with Crippen LogP contribution in [0.4, 0.5) is 5.69 Å². The lowest BCUT2D eigenvalue weighted by molar-refractivity contribution is 0.0951. The Kier molecular flexibility index (Phi) is 4.09. The predicted molar refractivity (Wildman–Crippen MR) is 73.6 cm³/mol. The van der Waals surface area contributed by atoms with Gasteiger partial charge in [0, 0.05) is 18.3 Å². The first-order valence-corrected chi connectivity index (χ1v) is 6.03. The molecule has 7 nitrogen and oxygen atoms in total. The van der Waals surface area contributed by atoms with E-state index in [9.17, 15) is 9.90 Å². The van der Waals surface area contributed by atoms with Crippen LogP contribution in [0.3, 0.4) is 0 Å². The number of aromatic hydroxyl groups is 1. The van der Waals surface area contributed by atoms with Gasteiger partial charge >= 0.3 is 0 Å². The van der Waals surface area contributed by atoms with Crippen molar-refractivity contribution >= 4 is 11.6 Å². The monoisotopic (exact) mass is 276 g/mol. The quantitative estimate of drug-likeness (QED) is 0.742. The Morgan fingerprint density at radius 3 is 2.95 bits per heavy atom. The molecule has 0 unspecified atom stereocenters. The van der Waals surface area contributed by atoms with Crippen molar-refractivity contribution in [2.24, 2.45) is 0 Å². The first kappa shape index (κ1) is 13.7. The zero-order chi connectivity index (χ0) is 14.5. The van der Waals surface area contributed by atoms with E-state index in [1.807, 2.05) is 0 Å². The SMILES string of the molecule is COc1ccc(C(=O)NCCn2cc(N)cn2)cc1O. The average Bonchev–Trinajstić information content (AvgIpc) is 2.84. The summed E-state index contributed by atoms with van der Waals surface area (Å²) >= 11 is 0. The molecule has 4 N–H and O–H groups in total. The van der Waals surface area contributed by atoms with E-state index in [0.717, 1.165) is 0 Å². The van der Waals surface area contributed by atoms with Crippen molar-refractivity contribution in [2.75, 3.05) is 19.4 Å². The minimum Gasteiger partial charge on any atom is -0.504 e. The van der Waals surface area contributed by atoms with E-state index >= 15 is 0 Å².